The predicted octanol–water partition coefficient (Wildman–Crippen LogP) is 0.214. The summed E-state index contributed by atoms with van der Waals surface area (Å²) in [5.41, 5.74) is 6.49. The quantitative estimate of drug-likeness (QED) is 0.580. The first-order valence-electron chi connectivity index (χ1n) is 3.27. The minimum atomic E-state index is -0.280. The summed E-state index contributed by atoms with van der Waals surface area (Å²) in [6.07, 6.45) is 0. The number of aromatic hydroxyl groups is 1. The highest BCUT2D eigenvalue weighted by molar-refractivity contribution is 5.79. The average molecular weight is 166 g/mol. The van der Waals surface area contributed by atoms with Gasteiger partial charge in [0.15, 0.2) is 0 Å². The molecule has 0 spiro atoms. The van der Waals surface area contributed by atoms with Crippen LogP contribution in [0.3, 0.4) is 0 Å². The van der Waals surface area contributed by atoms with Crippen LogP contribution in [0.25, 0.3) is 11.1 Å². The summed E-state index contributed by atoms with van der Waals surface area (Å²) in [7, 11) is 0. The Morgan fingerprint density at radius 2 is 2.17 bits per heavy atom. The molecule has 0 amide bonds. The Kier molecular flexibility index (Phi) is 1.18. The van der Waals surface area contributed by atoms with E-state index in [-0.39, 0.29) is 17.4 Å². The van der Waals surface area contributed by atoms with Crippen molar-refractivity contribution in [2.75, 3.05) is 5.73 Å². The summed E-state index contributed by atoms with van der Waals surface area (Å²) in [5.74, 6) is -0.274. The second kappa shape index (κ2) is 2.07. The number of hydrogen-bond acceptors (Lipinski definition) is 6. The molecule has 2 aromatic rings. The molecular formula is C6H6N4O2. The highest BCUT2D eigenvalue weighted by Gasteiger charge is 2.12. The second-order valence-corrected chi connectivity index (χ2v) is 2.35. The zero-order valence-corrected chi connectivity index (χ0v) is 6.27. The van der Waals surface area contributed by atoms with Crippen molar-refractivity contribution in [2.45, 2.75) is 6.92 Å². The van der Waals surface area contributed by atoms with Crippen LogP contribution < -0.4 is 5.73 Å². The number of fused-ring (bicyclic) bond motifs is 1. The normalized spacial score (nSPS) is 10.8. The molecule has 0 aliphatic rings. The number of aromatic nitrogens is 3. The van der Waals surface area contributed by atoms with E-state index in [1.54, 1.807) is 6.92 Å². The van der Waals surface area contributed by atoms with Gasteiger partial charge >= 0.3 is 0 Å². The molecule has 2 heterocycles. The van der Waals surface area contributed by atoms with Gasteiger partial charge in [0, 0.05) is 0 Å². The Bertz CT molecular complexity index is 436. The fourth-order valence-electron chi connectivity index (χ4n) is 0.942. The molecule has 0 saturated carbocycles. The monoisotopic (exact) mass is 166 g/mol. The Labute approximate surface area is 67.0 Å². The molecule has 62 valence electrons. The van der Waals surface area contributed by atoms with Gasteiger partial charge < -0.3 is 15.4 Å². The lowest BCUT2D eigenvalue weighted by Crippen LogP contribution is -1.94. The third-order valence-corrected chi connectivity index (χ3v) is 1.48. The van der Waals surface area contributed by atoms with Gasteiger partial charge in [-0.1, -0.05) is 5.16 Å². The number of rotatable bonds is 0. The lowest BCUT2D eigenvalue weighted by atomic mass is 10.4. The summed E-state index contributed by atoms with van der Waals surface area (Å²) in [6, 6.07) is 0. The summed E-state index contributed by atoms with van der Waals surface area (Å²) in [4.78, 5) is 7.35. The lowest BCUT2D eigenvalue weighted by Gasteiger charge is -1.92. The zero-order valence-electron chi connectivity index (χ0n) is 6.27. The first kappa shape index (κ1) is 6.84. The molecule has 12 heavy (non-hydrogen) atoms. The summed E-state index contributed by atoms with van der Waals surface area (Å²) >= 11 is 0. The largest absolute Gasteiger partial charge is 0.490 e. The molecule has 0 bridgehead atoms. The van der Waals surface area contributed by atoms with E-state index >= 15 is 0 Å². The van der Waals surface area contributed by atoms with Gasteiger partial charge in [-0.3, -0.25) is 0 Å². The van der Waals surface area contributed by atoms with E-state index in [1.807, 2.05) is 0 Å². The van der Waals surface area contributed by atoms with Crippen molar-refractivity contribution in [1.29, 1.82) is 0 Å². The van der Waals surface area contributed by atoms with E-state index in [0.717, 1.165) is 0 Å². The number of aryl methyl sites for hydroxylation is 1. The van der Waals surface area contributed by atoms with Gasteiger partial charge in [-0.25, -0.2) is 4.98 Å². The first-order valence-corrected chi connectivity index (χ1v) is 3.27. The van der Waals surface area contributed by atoms with Gasteiger partial charge in [0.05, 0.1) is 0 Å². The van der Waals surface area contributed by atoms with Crippen molar-refractivity contribution in [3.8, 4) is 5.88 Å². The molecule has 6 nitrogen and oxygen atoms in total. The van der Waals surface area contributed by atoms with Crippen molar-refractivity contribution in [3.05, 3.63) is 5.69 Å². The van der Waals surface area contributed by atoms with Crippen LogP contribution >= 0.6 is 0 Å². The van der Waals surface area contributed by atoms with Crippen LogP contribution in [0.4, 0.5) is 5.95 Å². The number of anilines is 1. The number of nitrogens with two attached hydrogens (primary N) is 1. The Balaban J connectivity index is 2.92. The molecule has 3 N–H and O–H groups in total. The van der Waals surface area contributed by atoms with E-state index in [4.69, 9.17) is 10.3 Å². The third kappa shape index (κ3) is 0.777. The van der Waals surface area contributed by atoms with Gasteiger partial charge in [-0.15, -0.1) is 0 Å². The maximum absolute atomic E-state index is 9.20. The van der Waals surface area contributed by atoms with E-state index in [1.165, 1.54) is 0 Å². The Morgan fingerprint density at radius 1 is 1.42 bits per heavy atom. The van der Waals surface area contributed by atoms with Crippen LogP contribution in [0.15, 0.2) is 4.52 Å². The average Bonchev–Trinajstić information content (AvgIpc) is 2.33. The molecule has 0 unspecified atom stereocenters. The lowest BCUT2D eigenvalue weighted by molar-refractivity contribution is 0.408. The predicted molar refractivity (Wildman–Crippen MR) is 40.4 cm³/mol. The van der Waals surface area contributed by atoms with Crippen molar-refractivity contribution in [3.63, 3.8) is 0 Å². The highest BCUT2D eigenvalue weighted by atomic mass is 16.5. The summed E-state index contributed by atoms with van der Waals surface area (Å²) in [5, 5.41) is 12.8. The number of hydrogen-bond donors (Lipinski definition) is 2. The van der Waals surface area contributed by atoms with Crippen molar-refractivity contribution >= 4 is 17.0 Å². The smallest absolute Gasteiger partial charge is 0.263 e. The molecule has 0 aliphatic carbocycles. The Morgan fingerprint density at radius 3 is 2.92 bits per heavy atom. The molecular weight excluding hydrogens is 160 g/mol. The maximum Gasteiger partial charge on any atom is 0.263 e. The van der Waals surface area contributed by atoms with Gasteiger partial charge in [-0.05, 0) is 6.92 Å². The second-order valence-electron chi connectivity index (χ2n) is 2.35. The van der Waals surface area contributed by atoms with Crippen LogP contribution in [-0.4, -0.2) is 20.2 Å². The SMILES string of the molecule is Cc1noc2c(O)nc(N)nc12. The van der Waals surface area contributed by atoms with E-state index in [0.29, 0.717) is 11.2 Å². The van der Waals surface area contributed by atoms with E-state index in [2.05, 4.69) is 15.1 Å². The van der Waals surface area contributed by atoms with Gasteiger partial charge in [0.2, 0.25) is 11.5 Å². The van der Waals surface area contributed by atoms with Crippen LogP contribution in [0, 0.1) is 6.92 Å². The third-order valence-electron chi connectivity index (χ3n) is 1.48. The van der Waals surface area contributed by atoms with Crippen LogP contribution in [0.1, 0.15) is 5.69 Å². The zero-order chi connectivity index (χ0) is 8.72. The van der Waals surface area contributed by atoms with Crippen LogP contribution in [0.2, 0.25) is 0 Å². The highest BCUT2D eigenvalue weighted by Crippen LogP contribution is 2.23. The van der Waals surface area contributed by atoms with Crippen LogP contribution in [0.5, 0.6) is 5.88 Å². The molecule has 0 aliphatic heterocycles. The topological polar surface area (TPSA) is 98.1 Å². The fraction of sp³-hybridized carbons (Fsp3) is 0.167. The molecule has 0 saturated heterocycles. The van der Waals surface area contributed by atoms with Crippen molar-refractivity contribution in [1.82, 2.24) is 15.1 Å². The number of nitrogens with zero attached hydrogens (tertiary/aromatic N) is 3. The summed E-state index contributed by atoms with van der Waals surface area (Å²) < 4.78 is 4.75. The minimum absolute atomic E-state index is 0.00583. The fourth-order valence-corrected chi connectivity index (χ4v) is 0.942. The van der Waals surface area contributed by atoms with Crippen LogP contribution in [-0.2, 0) is 0 Å². The number of nitrogen functional groups attached to an aromatic ring is 1. The molecule has 0 aromatic carbocycles. The van der Waals surface area contributed by atoms with Gasteiger partial charge in [0.25, 0.3) is 5.88 Å². The molecule has 0 radical (unpaired) electrons. The minimum Gasteiger partial charge on any atom is -0.490 e. The molecule has 6 heteroatoms. The Hall–Kier alpha value is -1.85. The van der Waals surface area contributed by atoms with Gasteiger partial charge in [0.1, 0.15) is 11.2 Å². The molecule has 0 fully saturated rings. The standard InChI is InChI=1S/C6H6N4O2/c1-2-3-4(12-10-2)5(11)9-6(7)8-3/h1H3,(H3,7,8,9,11). The molecule has 0 atom stereocenters. The van der Waals surface area contributed by atoms with Crippen molar-refractivity contribution in [2.24, 2.45) is 0 Å². The van der Waals surface area contributed by atoms with E-state index in [9.17, 15) is 5.11 Å². The molecule has 2 rings (SSSR count). The van der Waals surface area contributed by atoms with Crippen molar-refractivity contribution < 1.29 is 9.63 Å². The van der Waals surface area contributed by atoms with E-state index < -0.39 is 0 Å². The summed E-state index contributed by atoms with van der Waals surface area (Å²) in [6.45, 7) is 1.71. The maximum atomic E-state index is 9.20. The molecule has 2 aromatic heterocycles. The van der Waals surface area contributed by atoms with Gasteiger partial charge in [-0.2, -0.15) is 4.98 Å². The first-order chi connectivity index (χ1) is 5.68.